The molecule has 2 heteroatoms. The van der Waals surface area contributed by atoms with Crippen molar-refractivity contribution in [3.63, 3.8) is 0 Å². The highest BCUT2D eigenvalue weighted by molar-refractivity contribution is 5.44. The van der Waals surface area contributed by atoms with Crippen molar-refractivity contribution in [2.24, 2.45) is 5.92 Å². The number of likely N-dealkylation sites (tertiary alicyclic amines) is 1. The highest BCUT2D eigenvalue weighted by Gasteiger charge is 2.51. The minimum absolute atomic E-state index is 0.300. The van der Waals surface area contributed by atoms with E-state index in [0.717, 1.165) is 12.3 Å². The third kappa shape index (κ3) is 2.28. The average Bonchev–Trinajstić information content (AvgIpc) is 2.46. The van der Waals surface area contributed by atoms with Crippen molar-refractivity contribution in [1.82, 2.24) is 4.90 Å². The molecule has 1 aromatic rings. The van der Waals surface area contributed by atoms with Crippen molar-refractivity contribution >= 4 is 0 Å². The van der Waals surface area contributed by atoms with E-state index in [-0.39, 0.29) is 0 Å². The number of phenolic OH excluding ortho intramolecular Hbond substituents is 1. The number of benzene rings is 1. The van der Waals surface area contributed by atoms with Gasteiger partial charge in [0, 0.05) is 11.5 Å². The lowest BCUT2D eigenvalue weighted by molar-refractivity contribution is 0.0197. The first-order chi connectivity index (χ1) is 10.1. The van der Waals surface area contributed by atoms with E-state index in [1.807, 2.05) is 6.07 Å². The number of aromatic hydroxyl groups is 1. The van der Waals surface area contributed by atoms with Crippen LogP contribution in [-0.4, -0.2) is 29.6 Å². The van der Waals surface area contributed by atoms with E-state index in [1.165, 1.54) is 49.8 Å². The summed E-state index contributed by atoms with van der Waals surface area (Å²) >= 11 is 0. The van der Waals surface area contributed by atoms with Gasteiger partial charge in [-0.15, -0.1) is 0 Å². The average molecular weight is 287 g/mol. The second-order valence-electron chi connectivity index (χ2n) is 7.14. The predicted molar refractivity (Wildman–Crippen MR) is 87.8 cm³/mol. The van der Waals surface area contributed by atoms with Gasteiger partial charge in [-0.05, 0) is 68.5 Å². The van der Waals surface area contributed by atoms with Crippen LogP contribution in [0.15, 0.2) is 18.2 Å². The van der Waals surface area contributed by atoms with E-state index in [9.17, 15) is 5.11 Å². The van der Waals surface area contributed by atoms with Crippen LogP contribution in [0.4, 0.5) is 0 Å². The van der Waals surface area contributed by atoms with E-state index in [0.29, 0.717) is 17.2 Å². The van der Waals surface area contributed by atoms with E-state index in [4.69, 9.17) is 0 Å². The van der Waals surface area contributed by atoms with Gasteiger partial charge in [0.25, 0.3) is 0 Å². The highest BCUT2D eigenvalue weighted by Crippen LogP contribution is 2.53. The van der Waals surface area contributed by atoms with Crippen molar-refractivity contribution in [2.45, 2.75) is 63.8 Å². The minimum atomic E-state index is 0.300. The molecule has 1 N–H and O–H groups in total. The van der Waals surface area contributed by atoms with Gasteiger partial charge in [0.1, 0.15) is 5.75 Å². The number of hydrogen-bond acceptors (Lipinski definition) is 2. The second kappa shape index (κ2) is 5.64. The molecule has 3 atom stereocenters. The Hall–Kier alpha value is -1.02. The summed E-state index contributed by atoms with van der Waals surface area (Å²) in [7, 11) is 2.30. The molecular weight excluding hydrogens is 258 g/mol. The second-order valence-corrected chi connectivity index (χ2v) is 7.14. The number of rotatable bonds is 4. The summed E-state index contributed by atoms with van der Waals surface area (Å²) in [4.78, 5) is 2.59. The van der Waals surface area contributed by atoms with Crippen LogP contribution in [0.3, 0.4) is 0 Å². The molecule has 1 aliphatic heterocycles. The molecule has 1 saturated heterocycles. The monoisotopic (exact) mass is 287 g/mol. The SMILES string of the molecule is CCC[C@@H]1[C@@H]2Cc3ccc(O)cc3[C@]1(CCC)CCN2C. The van der Waals surface area contributed by atoms with E-state index in [1.54, 1.807) is 0 Å². The molecule has 0 spiro atoms. The van der Waals surface area contributed by atoms with Crippen molar-refractivity contribution < 1.29 is 5.11 Å². The lowest BCUT2D eigenvalue weighted by Gasteiger charge is -2.56. The lowest BCUT2D eigenvalue weighted by atomic mass is 9.54. The first-order valence-corrected chi connectivity index (χ1v) is 8.65. The Bertz CT molecular complexity index is 512. The van der Waals surface area contributed by atoms with Gasteiger partial charge >= 0.3 is 0 Å². The van der Waals surface area contributed by atoms with Gasteiger partial charge in [0.15, 0.2) is 0 Å². The number of nitrogens with zero attached hydrogens (tertiary/aromatic N) is 1. The molecule has 21 heavy (non-hydrogen) atoms. The van der Waals surface area contributed by atoms with Gasteiger partial charge in [-0.1, -0.05) is 32.8 Å². The Labute approximate surface area is 129 Å². The van der Waals surface area contributed by atoms with Crippen LogP contribution >= 0.6 is 0 Å². The number of piperidine rings is 1. The molecule has 2 nitrogen and oxygen atoms in total. The van der Waals surface area contributed by atoms with Crippen LogP contribution in [0.5, 0.6) is 5.75 Å². The zero-order chi connectivity index (χ0) is 15.0. The number of phenols is 1. The topological polar surface area (TPSA) is 23.5 Å². The summed E-state index contributed by atoms with van der Waals surface area (Å²) < 4.78 is 0. The summed E-state index contributed by atoms with van der Waals surface area (Å²) in [5, 5.41) is 10.0. The minimum Gasteiger partial charge on any atom is -0.508 e. The molecular formula is C19H29NO. The Morgan fingerprint density at radius 1 is 1.29 bits per heavy atom. The largest absolute Gasteiger partial charge is 0.508 e. The number of hydrogen-bond donors (Lipinski definition) is 1. The Balaban J connectivity index is 2.14. The van der Waals surface area contributed by atoms with Crippen LogP contribution in [-0.2, 0) is 11.8 Å². The summed E-state index contributed by atoms with van der Waals surface area (Å²) in [6, 6.07) is 6.80. The van der Waals surface area contributed by atoms with Gasteiger partial charge in [0.05, 0.1) is 0 Å². The molecule has 1 aromatic carbocycles. The lowest BCUT2D eigenvalue weighted by Crippen LogP contribution is -2.58. The summed E-state index contributed by atoms with van der Waals surface area (Å²) in [5.74, 6) is 1.19. The van der Waals surface area contributed by atoms with Gasteiger partial charge in [-0.3, -0.25) is 0 Å². The zero-order valence-corrected chi connectivity index (χ0v) is 13.7. The van der Waals surface area contributed by atoms with Gasteiger partial charge in [-0.25, -0.2) is 0 Å². The summed E-state index contributed by atoms with van der Waals surface area (Å²) in [6.07, 6.45) is 7.46. The maximum atomic E-state index is 10.0. The molecule has 0 saturated carbocycles. The van der Waals surface area contributed by atoms with Crippen LogP contribution in [0.1, 0.15) is 57.1 Å². The fraction of sp³-hybridized carbons (Fsp3) is 0.684. The van der Waals surface area contributed by atoms with Gasteiger partial charge < -0.3 is 10.0 Å². The molecule has 0 unspecified atom stereocenters. The van der Waals surface area contributed by atoms with Crippen molar-refractivity contribution in [2.75, 3.05) is 13.6 Å². The Morgan fingerprint density at radius 3 is 2.81 bits per heavy atom. The molecule has 0 aromatic heterocycles. The summed E-state index contributed by atoms with van der Waals surface area (Å²) in [5.41, 5.74) is 3.24. The maximum Gasteiger partial charge on any atom is 0.115 e. The van der Waals surface area contributed by atoms with E-state index >= 15 is 0 Å². The van der Waals surface area contributed by atoms with E-state index < -0.39 is 0 Å². The number of fused-ring (bicyclic) bond motifs is 4. The molecule has 1 heterocycles. The van der Waals surface area contributed by atoms with Gasteiger partial charge in [0.2, 0.25) is 0 Å². The molecule has 0 radical (unpaired) electrons. The molecule has 1 fully saturated rings. The van der Waals surface area contributed by atoms with Gasteiger partial charge in [-0.2, -0.15) is 0 Å². The van der Waals surface area contributed by atoms with Crippen molar-refractivity contribution in [3.05, 3.63) is 29.3 Å². The van der Waals surface area contributed by atoms with Crippen LogP contribution in [0.25, 0.3) is 0 Å². The number of likely N-dealkylation sites (N-methyl/N-ethyl adjacent to an activating group) is 1. The molecule has 1 aliphatic carbocycles. The standard InChI is InChI=1S/C19H29NO/c1-4-6-16-18-12-14-7-8-15(21)13-17(14)19(16,9-5-2)10-11-20(18)3/h7-8,13,16,18,21H,4-6,9-12H2,1-3H3/t16-,18+,19-/m1/s1. The molecule has 0 amide bonds. The van der Waals surface area contributed by atoms with E-state index in [2.05, 4.69) is 37.9 Å². The predicted octanol–water partition coefficient (Wildman–Crippen LogP) is 4.11. The zero-order valence-electron chi connectivity index (χ0n) is 13.7. The van der Waals surface area contributed by atoms with Crippen LogP contribution in [0.2, 0.25) is 0 Å². The first-order valence-electron chi connectivity index (χ1n) is 8.65. The highest BCUT2D eigenvalue weighted by atomic mass is 16.3. The third-order valence-electron chi connectivity index (χ3n) is 6.01. The third-order valence-corrected chi connectivity index (χ3v) is 6.01. The molecule has 2 bridgehead atoms. The Morgan fingerprint density at radius 2 is 2.10 bits per heavy atom. The maximum absolute atomic E-state index is 10.0. The smallest absolute Gasteiger partial charge is 0.115 e. The molecule has 3 rings (SSSR count). The summed E-state index contributed by atoms with van der Waals surface area (Å²) in [6.45, 7) is 5.81. The Kier molecular flexibility index (Phi) is 4.00. The van der Waals surface area contributed by atoms with Crippen LogP contribution in [0, 0.1) is 5.92 Å². The van der Waals surface area contributed by atoms with Crippen LogP contribution < -0.4 is 0 Å². The normalized spacial score (nSPS) is 32.0. The molecule has 2 aliphatic rings. The first kappa shape index (κ1) is 14.9. The van der Waals surface area contributed by atoms with Crippen molar-refractivity contribution in [1.29, 1.82) is 0 Å². The fourth-order valence-electron chi connectivity index (χ4n) is 5.14. The van der Waals surface area contributed by atoms with Crippen molar-refractivity contribution in [3.8, 4) is 5.75 Å². The quantitative estimate of drug-likeness (QED) is 0.901. The molecule has 116 valence electrons. The fourth-order valence-corrected chi connectivity index (χ4v) is 5.14.